The summed E-state index contributed by atoms with van der Waals surface area (Å²) in [7, 11) is 0. The summed E-state index contributed by atoms with van der Waals surface area (Å²) in [6, 6.07) is 19.5. The largest absolute Gasteiger partial charge is 0.480 e. The second-order valence-corrected chi connectivity index (χ2v) is 6.53. The number of carbonyl (C=O) groups is 2. The Morgan fingerprint density at radius 3 is 1.88 bits per heavy atom. The minimum Gasteiger partial charge on any atom is -0.480 e. The van der Waals surface area contributed by atoms with E-state index in [0.717, 1.165) is 11.1 Å². The van der Waals surface area contributed by atoms with Crippen LogP contribution in [-0.2, 0) is 9.59 Å². The molecule has 0 saturated carbocycles. The van der Waals surface area contributed by atoms with Crippen LogP contribution in [0.25, 0.3) is 0 Å². The third-order valence-electron chi connectivity index (χ3n) is 4.27. The molecule has 0 aliphatic carbocycles. The van der Waals surface area contributed by atoms with Crippen LogP contribution in [0.3, 0.4) is 0 Å². The van der Waals surface area contributed by atoms with Crippen LogP contribution < -0.4 is 5.32 Å². The van der Waals surface area contributed by atoms with E-state index in [1.54, 1.807) is 4.90 Å². The molecule has 0 saturated heterocycles. The number of amides is 1. The van der Waals surface area contributed by atoms with Crippen LogP contribution in [0.1, 0.15) is 37.4 Å². The van der Waals surface area contributed by atoms with Crippen LogP contribution >= 0.6 is 0 Å². The van der Waals surface area contributed by atoms with Crippen molar-refractivity contribution in [1.29, 1.82) is 0 Å². The molecule has 26 heavy (non-hydrogen) atoms. The number of benzene rings is 2. The van der Waals surface area contributed by atoms with Gasteiger partial charge in [0.05, 0.1) is 12.6 Å². The highest BCUT2D eigenvalue weighted by Crippen LogP contribution is 2.21. The van der Waals surface area contributed by atoms with E-state index in [1.165, 1.54) is 0 Å². The highest BCUT2D eigenvalue weighted by molar-refractivity contribution is 5.77. The third kappa shape index (κ3) is 6.01. The summed E-state index contributed by atoms with van der Waals surface area (Å²) in [4.78, 5) is 25.3. The highest BCUT2D eigenvalue weighted by Gasteiger charge is 2.19. The van der Waals surface area contributed by atoms with Gasteiger partial charge in [0.1, 0.15) is 0 Å². The minimum absolute atomic E-state index is 0.0637. The Labute approximate surface area is 154 Å². The standard InChI is InChI=1S/C21H26N2O3/c1-16(2)23(15-20(25)26)14-13-19(24)22-21(17-9-5-3-6-10-17)18-11-7-4-8-12-18/h3-12,16,21H,13-15H2,1-2H3,(H,22,24)(H,25,26). The maximum Gasteiger partial charge on any atom is 0.317 e. The van der Waals surface area contributed by atoms with Gasteiger partial charge < -0.3 is 10.4 Å². The average Bonchev–Trinajstić information content (AvgIpc) is 2.64. The van der Waals surface area contributed by atoms with Gasteiger partial charge >= 0.3 is 5.97 Å². The van der Waals surface area contributed by atoms with Gasteiger partial charge in [-0.05, 0) is 25.0 Å². The van der Waals surface area contributed by atoms with Crippen LogP contribution in [0.4, 0.5) is 0 Å². The quantitative estimate of drug-likeness (QED) is 0.726. The first-order valence-corrected chi connectivity index (χ1v) is 8.82. The Kier molecular flexibility index (Phi) is 7.36. The molecular formula is C21H26N2O3. The van der Waals surface area contributed by atoms with Crippen LogP contribution in [0, 0.1) is 0 Å². The molecule has 0 heterocycles. The number of carboxylic acid groups (broad SMARTS) is 1. The third-order valence-corrected chi connectivity index (χ3v) is 4.27. The Bertz CT molecular complexity index is 662. The van der Waals surface area contributed by atoms with Gasteiger partial charge in [-0.25, -0.2) is 0 Å². The van der Waals surface area contributed by atoms with Crippen LogP contribution in [0.2, 0.25) is 0 Å². The molecule has 2 N–H and O–H groups in total. The van der Waals surface area contributed by atoms with Crippen LogP contribution in [0.5, 0.6) is 0 Å². The summed E-state index contributed by atoms with van der Waals surface area (Å²) in [6.45, 7) is 4.20. The number of hydrogen-bond donors (Lipinski definition) is 2. The van der Waals surface area contributed by atoms with Gasteiger partial charge in [0.2, 0.25) is 5.91 Å². The Morgan fingerprint density at radius 2 is 1.46 bits per heavy atom. The summed E-state index contributed by atoms with van der Waals surface area (Å²) in [5.41, 5.74) is 2.02. The van der Waals surface area contributed by atoms with E-state index < -0.39 is 5.97 Å². The molecule has 0 bridgehead atoms. The van der Waals surface area contributed by atoms with Gasteiger partial charge in [-0.1, -0.05) is 60.7 Å². The summed E-state index contributed by atoms with van der Waals surface area (Å²) in [5, 5.41) is 12.1. The van der Waals surface area contributed by atoms with Crippen molar-refractivity contribution < 1.29 is 14.7 Å². The number of carboxylic acids is 1. The van der Waals surface area contributed by atoms with E-state index in [9.17, 15) is 9.59 Å². The first-order valence-electron chi connectivity index (χ1n) is 8.82. The molecular weight excluding hydrogens is 328 g/mol. The van der Waals surface area contributed by atoms with E-state index in [0.29, 0.717) is 6.54 Å². The molecule has 5 nitrogen and oxygen atoms in total. The molecule has 0 atom stereocenters. The summed E-state index contributed by atoms with van der Waals surface area (Å²) >= 11 is 0. The molecule has 0 aliphatic heterocycles. The number of hydrogen-bond acceptors (Lipinski definition) is 3. The molecule has 5 heteroatoms. The van der Waals surface area contributed by atoms with Gasteiger partial charge in [0.25, 0.3) is 0 Å². The second kappa shape index (κ2) is 9.73. The van der Waals surface area contributed by atoms with E-state index in [2.05, 4.69) is 5.32 Å². The molecule has 2 aromatic carbocycles. The van der Waals surface area contributed by atoms with Crippen molar-refractivity contribution in [3.8, 4) is 0 Å². The molecule has 0 unspecified atom stereocenters. The number of nitrogens with zero attached hydrogens (tertiary/aromatic N) is 1. The fourth-order valence-electron chi connectivity index (χ4n) is 2.82. The monoisotopic (exact) mass is 354 g/mol. The molecule has 2 rings (SSSR count). The average molecular weight is 354 g/mol. The fourth-order valence-corrected chi connectivity index (χ4v) is 2.82. The van der Waals surface area contributed by atoms with Crippen molar-refractivity contribution in [1.82, 2.24) is 10.2 Å². The molecule has 0 aliphatic rings. The van der Waals surface area contributed by atoms with E-state index in [1.807, 2.05) is 74.5 Å². The normalized spacial score (nSPS) is 11.1. The smallest absolute Gasteiger partial charge is 0.317 e. The lowest BCUT2D eigenvalue weighted by Gasteiger charge is -2.25. The van der Waals surface area contributed by atoms with Crippen LogP contribution in [-0.4, -0.2) is 41.0 Å². The van der Waals surface area contributed by atoms with Gasteiger partial charge in [0.15, 0.2) is 0 Å². The lowest BCUT2D eigenvalue weighted by atomic mass is 9.98. The van der Waals surface area contributed by atoms with Gasteiger partial charge in [-0.2, -0.15) is 0 Å². The zero-order valence-corrected chi connectivity index (χ0v) is 15.3. The fraction of sp³-hybridized carbons (Fsp3) is 0.333. The van der Waals surface area contributed by atoms with Crippen molar-refractivity contribution in [2.45, 2.75) is 32.4 Å². The summed E-state index contributed by atoms with van der Waals surface area (Å²) in [5.74, 6) is -0.982. The zero-order chi connectivity index (χ0) is 18.9. The Balaban J connectivity index is 2.06. The summed E-state index contributed by atoms with van der Waals surface area (Å²) < 4.78 is 0. The summed E-state index contributed by atoms with van der Waals surface area (Å²) in [6.07, 6.45) is 0.252. The predicted molar refractivity (Wildman–Crippen MR) is 102 cm³/mol. The maximum atomic E-state index is 12.5. The highest BCUT2D eigenvalue weighted by atomic mass is 16.4. The van der Waals surface area contributed by atoms with Crippen molar-refractivity contribution in [2.24, 2.45) is 0 Å². The second-order valence-electron chi connectivity index (χ2n) is 6.53. The molecule has 0 aromatic heterocycles. The molecule has 0 fully saturated rings. The van der Waals surface area contributed by atoms with Gasteiger partial charge in [-0.15, -0.1) is 0 Å². The van der Waals surface area contributed by atoms with Gasteiger partial charge in [-0.3, -0.25) is 14.5 Å². The zero-order valence-electron chi connectivity index (χ0n) is 15.3. The first-order chi connectivity index (χ1) is 12.5. The lowest BCUT2D eigenvalue weighted by molar-refractivity contribution is -0.139. The maximum absolute atomic E-state index is 12.5. The topological polar surface area (TPSA) is 69.6 Å². The molecule has 0 spiro atoms. The van der Waals surface area contributed by atoms with E-state index in [4.69, 9.17) is 5.11 Å². The van der Waals surface area contributed by atoms with Crippen molar-refractivity contribution in [3.05, 3.63) is 71.8 Å². The number of nitrogens with one attached hydrogen (secondary N) is 1. The molecule has 2 aromatic rings. The van der Waals surface area contributed by atoms with Crippen molar-refractivity contribution in [3.63, 3.8) is 0 Å². The predicted octanol–water partition coefficient (Wildman–Crippen LogP) is 3.08. The van der Waals surface area contributed by atoms with Crippen molar-refractivity contribution in [2.75, 3.05) is 13.1 Å². The number of aliphatic carboxylic acids is 1. The SMILES string of the molecule is CC(C)N(CCC(=O)NC(c1ccccc1)c1ccccc1)CC(=O)O. The van der Waals surface area contributed by atoms with Crippen molar-refractivity contribution >= 4 is 11.9 Å². The number of carbonyl (C=O) groups excluding carboxylic acids is 1. The Morgan fingerprint density at radius 1 is 0.962 bits per heavy atom. The first kappa shape index (κ1) is 19.7. The van der Waals surface area contributed by atoms with E-state index >= 15 is 0 Å². The van der Waals surface area contributed by atoms with Crippen LogP contribution in [0.15, 0.2) is 60.7 Å². The molecule has 0 radical (unpaired) electrons. The number of rotatable bonds is 9. The molecule has 1 amide bonds. The lowest BCUT2D eigenvalue weighted by Crippen LogP contribution is -2.39. The van der Waals surface area contributed by atoms with E-state index in [-0.39, 0.29) is 31.0 Å². The minimum atomic E-state index is -0.884. The van der Waals surface area contributed by atoms with Gasteiger partial charge in [0, 0.05) is 19.0 Å². The molecule has 138 valence electrons. The Hall–Kier alpha value is -2.66.